The van der Waals surface area contributed by atoms with E-state index in [0.29, 0.717) is 6.54 Å². The molecule has 0 radical (unpaired) electrons. The van der Waals surface area contributed by atoms with Crippen LogP contribution in [0.15, 0.2) is 5.11 Å². The SMILES string of the molecule is C[C@H]1CNC[C@@H](NC(=O)OC(C)(C)C)[C@H]1N=[N+]=[N-]. The number of hydrogen-bond acceptors (Lipinski definition) is 4. The van der Waals surface area contributed by atoms with Crippen LogP contribution in [0, 0.1) is 5.92 Å². The van der Waals surface area contributed by atoms with Gasteiger partial charge >= 0.3 is 6.09 Å². The Morgan fingerprint density at radius 1 is 1.50 bits per heavy atom. The van der Waals surface area contributed by atoms with Crippen molar-refractivity contribution in [1.82, 2.24) is 10.6 Å². The molecule has 7 heteroatoms. The maximum atomic E-state index is 11.7. The van der Waals surface area contributed by atoms with Crippen molar-refractivity contribution in [1.29, 1.82) is 0 Å². The zero-order valence-corrected chi connectivity index (χ0v) is 11.3. The van der Waals surface area contributed by atoms with E-state index in [-0.39, 0.29) is 18.0 Å². The van der Waals surface area contributed by atoms with Crippen molar-refractivity contribution in [2.24, 2.45) is 11.0 Å². The third-order valence-corrected chi connectivity index (χ3v) is 2.71. The number of ether oxygens (including phenoxy) is 1. The maximum Gasteiger partial charge on any atom is 0.407 e. The number of nitrogens with one attached hydrogen (secondary N) is 2. The van der Waals surface area contributed by atoms with Crippen LogP contribution in [0.1, 0.15) is 27.7 Å². The van der Waals surface area contributed by atoms with Crippen molar-refractivity contribution >= 4 is 6.09 Å². The molecule has 1 heterocycles. The molecular formula is C11H21N5O2. The first-order valence-electron chi connectivity index (χ1n) is 6.08. The molecule has 2 N–H and O–H groups in total. The molecule has 0 aromatic heterocycles. The fourth-order valence-corrected chi connectivity index (χ4v) is 1.95. The molecule has 102 valence electrons. The molecule has 3 atom stereocenters. The zero-order chi connectivity index (χ0) is 13.8. The summed E-state index contributed by atoms with van der Waals surface area (Å²) >= 11 is 0. The lowest BCUT2D eigenvalue weighted by Crippen LogP contribution is -2.57. The molecule has 0 aromatic carbocycles. The van der Waals surface area contributed by atoms with Crippen LogP contribution in [0.5, 0.6) is 0 Å². The smallest absolute Gasteiger partial charge is 0.407 e. The minimum absolute atomic E-state index is 0.176. The van der Waals surface area contributed by atoms with Gasteiger partial charge in [0.2, 0.25) is 0 Å². The maximum absolute atomic E-state index is 11.7. The molecular weight excluding hydrogens is 234 g/mol. The molecule has 1 aliphatic heterocycles. The topological polar surface area (TPSA) is 99.1 Å². The Kier molecular flexibility index (Phi) is 4.81. The Bertz CT molecular complexity index is 346. The Morgan fingerprint density at radius 2 is 2.17 bits per heavy atom. The minimum atomic E-state index is -0.536. The van der Waals surface area contributed by atoms with Gasteiger partial charge in [0.1, 0.15) is 5.60 Å². The van der Waals surface area contributed by atoms with Crippen LogP contribution < -0.4 is 10.6 Å². The Labute approximate surface area is 107 Å². The molecule has 0 aromatic rings. The molecule has 0 unspecified atom stereocenters. The van der Waals surface area contributed by atoms with E-state index in [9.17, 15) is 4.79 Å². The van der Waals surface area contributed by atoms with Crippen molar-refractivity contribution in [3.05, 3.63) is 10.4 Å². The molecule has 18 heavy (non-hydrogen) atoms. The van der Waals surface area contributed by atoms with Gasteiger partial charge in [-0.1, -0.05) is 12.0 Å². The fraction of sp³-hybridized carbons (Fsp3) is 0.909. The number of carbonyl (C=O) groups is 1. The van der Waals surface area contributed by atoms with E-state index in [1.54, 1.807) is 20.8 Å². The lowest BCUT2D eigenvalue weighted by atomic mass is 9.92. The van der Waals surface area contributed by atoms with Crippen molar-refractivity contribution in [3.8, 4) is 0 Å². The first kappa shape index (κ1) is 14.6. The highest BCUT2D eigenvalue weighted by Crippen LogP contribution is 2.16. The average molecular weight is 255 g/mol. The standard InChI is InChI=1S/C11H21N5O2/c1-7-5-13-6-8(9(7)15-16-12)14-10(17)18-11(2,3)4/h7-9,13H,5-6H2,1-4H3,(H,14,17)/t7-,8+,9-/m0/s1. The van der Waals surface area contributed by atoms with Crippen LogP contribution >= 0.6 is 0 Å². The number of hydrogen-bond donors (Lipinski definition) is 2. The van der Waals surface area contributed by atoms with E-state index in [2.05, 4.69) is 20.7 Å². The average Bonchev–Trinajstić information content (AvgIpc) is 2.20. The summed E-state index contributed by atoms with van der Waals surface area (Å²) in [6.45, 7) is 8.75. The van der Waals surface area contributed by atoms with Gasteiger partial charge in [-0.05, 0) is 38.8 Å². The zero-order valence-electron chi connectivity index (χ0n) is 11.3. The molecule has 7 nitrogen and oxygen atoms in total. The third-order valence-electron chi connectivity index (χ3n) is 2.71. The summed E-state index contributed by atoms with van der Waals surface area (Å²) in [6, 6.07) is -0.483. The second kappa shape index (κ2) is 5.93. The van der Waals surface area contributed by atoms with Gasteiger partial charge in [0.15, 0.2) is 0 Å². The van der Waals surface area contributed by atoms with Gasteiger partial charge in [-0.3, -0.25) is 0 Å². The lowest BCUT2D eigenvalue weighted by Gasteiger charge is -2.34. The van der Waals surface area contributed by atoms with Crippen LogP contribution in [0.3, 0.4) is 0 Å². The molecule has 1 aliphatic rings. The normalized spacial score (nSPS) is 28.1. The predicted octanol–water partition coefficient (Wildman–Crippen LogP) is 1.80. The predicted molar refractivity (Wildman–Crippen MR) is 68.1 cm³/mol. The van der Waals surface area contributed by atoms with Crippen LogP contribution in [0.25, 0.3) is 10.4 Å². The quantitative estimate of drug-likeness (QED) is 0.447. The van der Waals surface area contributed by atoms with Gasteiger partial charge in [0, 0.05) is 11.5 Å². The monoisotopic (exact) mass is 255 g/mol. The van der Waals surface area contributed by atoms with E-state index in [4.69, 9.17) is 10.3 Å². The molecule has 0 saturated carbocycles. The largest absolute Gasteiger partial charge is 0.444 e. The summed E-state index contributed by atoms with van der Waals surface area (Å²) in [5.41, 5.74) is 8.03. The summed E-state index contributed by atoms with van der Waals surface area (Å²) in [6.07, 6.45) is -0.485. The summed E-state index contributed by atoms with van der Waals surface area (Å²) in [4.78, 5) is 14.5. The summed E-state index contributed by atoms with van der Waals surface area (Å²) in [5, 5.41) is 9.71. The van der Waals surface area contributed by atoms with Crippen molar-refractivity contribution in [3.63, 3.8) is 0 Å². The van der Waals surface area contributed by atoms with Crippen molar-refractivity contribution in [2.75, 3.05) is 13.1 Å². The number of nitrogens with zero attached hydrogens (tertiary/aromatic N) is 3. The number of piperidine rings is 1. The molecule has 1 amide bonds. The molecule has 0 aliphatic carbocycles. The highest BCUT2D eigenvalue weighted by atomic mass is 16.6. The second-order valence-electron chi connectivity index (χ2n) is 5.58. The molecule has 0 spiro atoms. The lowest BCUT2D eigenvalue weighted by molar-refractivity contribution is 0.0482. The third kappa shape index (κ3) is 4.43. The van der Waals surface area contributed by atoms with Gasteiger partial charge < -0.3 is 15.4 Å². The van der Waals surface area contributed by atoms with Gasteiger partial charge in [0.05, 0.1) is 12.1 Å². The summed E-state index contributed by atoms with van der Waals surface area (Å²) in [7, 11) is 0. The van der Waals surface area contributed by atoms with E-state index in [0.717, 1.165) is 6.54 Å². The van der Waals surface area contributed by atoms with E-state index in [1.807, 2.05) is 6.92 Å². The van der Waals surface area contributed by atoms with E-state index in [1.165, 1.54) is 0 Å². The van der Waals surface area contributed by atoms with Gasteiger partial charge in [-0.25, -0.2) is 4.79 Å². The molecule has 1 fully saturated rings. The summed E-state index contributed by atoms with van der Waals surface area (Å²) in [5.74, 6) is 0.176. The Morgan fingerprint density at radius 3 is 2.72 bits per heavy atom. The molecule has 0 bridgehead atoms. The molecule has 1 saturated heterocycles. The first-order valence-corrected chi connectivity index (χ1v) is 6.08. The van der Waals surface area contributed by atoms with E-state index >= 15 is 0 Å². The number of amides is 1. The van der Waals surface area contributed by atoms with E-state index < -0.39 is 11.7 Å². The van der Waals surface area contributed by atoms with Gasteiger partial charge in [0.25, 0.3) is 0 Å². The highest BCUT2D eigenvalue weighted by Gasteiger charge is 2.32. The summed E-state index contributed by atoms with van der Waals surface area (Å²) < 4.78 is 5.19. The Hall–Kier alpha value is -1.46. The number of alkyl carbamates (subject to hydrolysis) is 1. The number of carbonyl (C=O) groups excluding carboxylic acids is 1. The number of rotatable bonds is 2. The van der Waals surface area contributed by atoms with Crippen molar-refractivity contribution in [2.45, 2.75) is 45.4 Å². The van der Waals surface area contributed by atoms with Crippen LogP contribution in [-0.2, 0) is 4.74 Å². The Balaban J connectivity index is 2.63. The second-order valence-corrected chi connectivity index (χ2v) is 5.58. The van der Waals surface area contributed by atoms with Gasteiger partial charge in [-0.2, -0.15) is 0 Å². The van der Waals surface area contributed by atoms with Crippen LogP contribution in [0.4, 0.5) is 4.79 Å². The number of azide groups is 1. The van der Waals surface area contributed by atoms with Gasteiger partial charge in [-0.15, -0.1) is 0 Å². The molecule has 1 rings (SSSR count). The first-order chi connectivity index (χ1) is 8.33. The fourth-order valence-electron chi connectivity index (χ4n) is 1.95. The highest BCUT2D eigenvalue weighted by molar-refractivity contribution is 5.68. The van der Waals surface area contributed by atoms with Crippen LogP contribution in [0.2, 0.25) is 0 Å². The van der Waals surface area contributed by atoms with Crippen molar-refractivity contribution < 1.29 is 9.53 Å². The van der Waals surface area contributed by atoms with Crippen LogP contribution in [-0.4, -0.2) is 36.9 Å². The minimum Gasteiger partial charge on any atom is -0.444 e.